The second-order valence-electron chi connectivity index (χ2n) is 16.4. The molecular weight excluding hydrogens is 762 g/mol. The second kappa shape index (κ2) is 16.8. The van der Waals surface area contributed by atoms with Gasteiger partial charge in [0.1, 0.15) is 17.8 Å². The first-order chi connectivity index (χ1) is 26.9. The van der Waals surface area contributed by atoms with Crippen LogP contribution in [0.25, 0.3) is 11.2 Å². The van der Waals surface area contributed by atoms with Crippen molar-refractivity contribution in [3.63, 3.8) is 0 Å². The summed E-state index contributed by atoms with van der Waals surface area (Å²) < 4.78 is 47.5. The number of fused-ring (bicyclic) bond motifs is 1. The van der Waals surface area contributed by atoms with Crippen molar-refractivity contribution in [2.45, 2.75) is 96.7 Å². The SMILES string of the molecule is CO[P+](=O)OC1[C@@H](O[Si](C)(C)C(C)(C)C)[C@@H](COC(c2ccccc2)(c2ccc(C)cc2)c2ccc(C)cc2)O[C@H]1n1cnc2c(=O)[nH]c(NC(=O)C(C)C)nc21. The number of rotatable bonds is 14. The Kier molecular flexibility index (Phi) is 12.5. The molecule has 2 aromatic heterocycles. The van der Waals surface area contributed by atoms with Gasteiger partial charge in [-0.2, -0.15) is 4.98 Å². The summed E-state index contributed by atoms with van der Waals surface area (Å²) in [5.41, 5.74) is 3.42. The molecule has 3 heterocycles. The van der Waals surface area contributed by atoms with Gasteiger partial charge in [-0.05, 0) is 48.7 Å². The second-order valence-corrected chi connectivity index (χ2v) is 22.1. The first-order valence-corrected chi connectivity index (χ1v) is 23.1. The molecule has 1 amide bonds. The van der Waals surface area contributed by atoms with Crippen LogP contribution >= 0.6 is 8.25 Å². The Morgan fingerprint density at radius 2 is 1.53 bits per heavy atom. The summed E-state index contributed by atoms with van der Waals surface area (Å²) in [4.78, 5) is 37.5. The molecule has 0 saturated carbocycles. The minimum Gasteiger partial charge on any atom is -0.408 e. The summed E-state index contributed by atoms with van der Waals surface area (Å²) in [5, 5.41) is 2.43. The molecule has 2 unspecified atom stereocenters. The molecule has 5 atom stereocenters. The van der Waals surface area contributed by atoms with Gasteiger partial charge in [0.05, 0.1) is 20.0 Å². The predicted octanol–water partition coefficient (Wildman–Crippen LogP) is 8.32. The Bertz CT molecular complexity index is 2210. The van der Waals surface area contributed by atoms with Gasteiger partial charge in [0.15, 0.2) is 31.8 Å². The smallest absolute Gasteiger partial charge is 0.408 e. The van der Waals surface area contributed by atoms with Gasteiger partial charge in [-0.3, -0.25) is 24.5 Å². The van der Waals surface area contributed by atoms with Gasteiger partial charge in [0.2, 0.25) is 11.9 Å². The zero-order valence-corrected chi connectivity index (χ0v) is 36.1. The van der Waals surface area contributed by atoms with Gasteiger partial charge >= 0.3 is 8.25 Å². The molecular formula is C42H53N5O8PSi+. The third kappa shape index (κ3) is 8.73. The van der Waals surface area contributed by atoms with Crippen molar-refractivity contribution in [1.29, 1.82) is 0 Å². The lowest BCUT2D eigenvalue weighted by atomic mass is 9.79. The molecule has 0 aliphatic carbocycles. The average Bonchev–Trinajstić information content (AvgIpc) is 3.73. The van der Waals surface area contributed by atoms with E-state index < -0.39 is 52.3 Å². The van der Waals surface area contributed by atoms with E-state index in [0.29, 0.717) is 0 Å². The molecule has 1 aliphatic heterocycles. The molecule has 0 radical (unpaired) electrons. The molecule has 3 aromatic carbocycles. The number of amides is 1. The number of ether oxygens (including phenoxy) is 2. The number of H-pyrrole nitrogens is 1. The summed E-state index contributed by atoms with van der Waals surface area (Å²) in [6.45, 7) is 18.2. The fourth-order valence-corrected chi connectivity index (χ4v) is 8.45. The summed E-state index contributed by atoms with van der Waals surface area (Å²) in [7, 11) is -3.95. The molecule has 0 bridgehead atoms. The monoisotopic (exact) mass is 814 g/mol. The van der Waals surface area contributed by atoms with Crippen LogP contribution in [0.4, 0.5) is 5.95 Å². The maximum atomic E-state index is 13.3. The number of aromatic amines is 1. The average molecular weight is 815 g/mol. The number of nitrogens with zero attached hydrogens (tertiary/aromatic N) is 3. The molecule has 57 heavy (non-hydrogen) atoms. The molecule has 13 nitrogen and oxygen atoms in total. The highest BCUT2D eigenvalue weighted by molar-refractivity contribution is 7.33. The highest BCUT2D eigenvalue weighted by Crippen LogP contribution is 2.47. The van der Waals surface area contributed by atoms with E-state index in [2.05, 4.69) is 103 Å². The number of carbonyl (C=O) groups excluding carboxylic acids is 1. The molecule has 1 fully saturated rings. The summed E-state index contributed by atoms with van der Waals surface area (Å²) in [6.07, 6.45) is -2.35. The van der Waals surface area contributed by atoms with Crippen LogP contribution in [0, 0.1) is 19.8 Å². The Balaban J connectivity index is 1.51. The van der Waals surface area contributed by atoms with Crippen LogP contribution < -0.4 is 10.9 Å². The Morgan fingerprint density at radius 1 is 0.947 bits per heavy atom. The number of hydrogen-bond acceptors (Lipinski definition) is 10. The standard InChI is InChI=1S/C42H52N5O8PSi/c1-26(2)37(48)45-40-44-36-33(38(49)46-40)43-25-47(36)39-35(54-56(50)51-8)34(55-57(9,10)41(5,6)7)32(53-39)24-52-42(29-14-12-11-13-15-29,30-20-16-27(3)17-21-30)31-22-18-28(4)19-23-31/h11-23,25-26,32,34-35,39H,24H2,1-10H3,(H-,44,45,46,48,49)/p+1/t32-,34+,35?,39-/m1/s1. The van der Waals surface area contributed by atoms with E-state index in [9.17, 15) is 14.2 Å². The largest absolute Gasteiger partial charge is 0.697 e. The number of aryl methyl sites for hydroxylation is 2. The van der Waals surface area contributed by atoms with Gasteiger partial charge in [-0.25, -0.2) is 4.98 Å². The summed E-state index contributed by atoms with van der Waals surface area (Å²) in [6, 6.07) is 26.6. The zero-order chi connectivity index (χ0) is 41.3. The quantitative estimate of drug-likeness (QED) is 0.0635. The fourth-order valence-electron chi connectivity index (χ4n) is 6.62. The molecule has 1 saturated heterocycles. The van der Waals surface area contributed by atoms with E-state index in [1.807, 2.05) is 44.2 Å². The van der Waals surface area contributed by atoms with E-state index in [-0.39, 0.29) is 40.6 Å². The Labute approximate surface area is 335 Å². The van der Waals surface area contributed by atoms with Crippen molar-refractivity contribution in [2.24, 2.45) is 5.92 Å². The number of hydrogen-bond donors (Lipinski definition) is 2. The first kappa shape index (κ1) is 42.2. The molecule has 6 rings (SSSR count). The van der Waals surface area contributed by atoms with E-state index in [1.165, 1.54) is 13.4 Å². The maximum Gasteiger partial charge on any atom is 0.697 e. The highest BCUT2D eigenvalue weighted by atomic mass is 31.1. The predicted molar refractivity (Wildman–Crippen MR) is 222 cm³/mol. The van der Waals surface area contributed by atoms with Crippen LogP contribution in [-0.4, -0.2) is 65.8 Å². The van der Waals surface area contributed by atoms with Crippen LogP contribution in [0.2, 0.25) is 18.1 Å². The van der Waals surface area contributed by atoms with Crippen LogP contribution in [0.3, 0.4) is 0 Å². The van der Waals surface area contributed by atoms with Crippen LogP contribution in [0.15, 0.2) is 90.0 Å². The third-order valence-electron chi connectivity index (χ3n) is 10.9. The van der Waals surface area contributed by atoms with Gasteiger partial charge in [0, 0.05) is 10.5 Å². The third-order valence-corrected chi connectivity index (χ3v) is 16.1. The molecule has 302 valence electrons. The fraction of sp³-hybridized carbons (Fsp3) is 0.429. The van der Waals surface area contributed by atoms with Crippen molar-refractivity contribution in [3.05, 3.63) is 123 Å². The van der Waals surface area contributed by atoms with Gasteiger partial charge in [0.25, 0.3) is 5.56 Å². The highest BCUT2D eigenvalue weighted by Gasteiger charge is 2.56. The first-order valence-electron chi connectivity index (χ1n) is 19.1. The van der Waals surface area contributed by atoms with E-state index >= 15 is 0 Å². The number of nitrogens with one attached hydrogen (secondary N) is 2. The Morgan fingerprint density at radius 3 is 2.07 bits per heavy atom. The molecule has 2 N–H and O–H groups in total. The molecule has 1 aliphatic rings. The van der Waals surface area contributed by atoms with Crippen LogP contribution in [-0.2, 0) is 37.9 Å². The van der Waals surface area contributed by atoms with Crippen molar-refractivity contribution in [1.82, 2.24) is 19.5 Å². The van der Waals surface area contributed by atoms with Gasteiger partial charge < -0.3 is 13.9 Å². The van der Waals surface area contributed by atoms with E-state index in [0.717, 1.165) is 27.8 Å². The number of carbonyl (C=O) groups is 1. The molecule has 15 heteroatoms. The lowest BCUT2D eigenvalue weighted by Gasteiger charge is -2.41. The lowest BCUT2D eigenvalue weighted by molar-refractivity contribution is -0.118. The van der Waals surface area contributed by atoms with Crippen molar-refractivity contribution in [3.8, 4) is 0 Å². The number of benzene rings is 3. The van der Waals surface area contributed by atoms with Gasteiger partial charge in [-0.1, -0.05) is 125 Å². The summed E-state index contributed by atoms with van der Waals surface area (Å²) >= 11 is 0. The van der Waals surface area contributed by atoms with Crippen LogP contribution in [0.5, 0.6) is 0 Å². The topological polar surface area (TPSA) is 156 Å². The van der Waals surface area contributed by atoms with Crippen molar-refractivity contribution < 1.29 is 32.3 Å². The molecule has 5 aromatic rings. The number of imidazole rings is 1. The van der Waals surface area contributed by atoms with Crippen molar-refractivity contribution >= 4 is 39.6 Å². The minimum atomic E-state index is -2.64. The van der Waals surface area contributed by atoms with Gasteiger partial charge in [-0.15, -0.1) is 9.05 Å². The summed E-state index contributed by atoms with van der Waals surface area (Å²) in [5.74, 6) is -0.749. The zero-order valence-electron chi connectivity index (χ0n) is 34.2. The normalized spacial score (nSPS) is 19.3. The Hall–Kier alpha value is -4.40. The van der Waals surface area contributed by atoms with E-state index in [1.54, 1.807) is 18.4 Å². The number of anilines is 1. The maximum absolute atomic E-state index is 13.3. The van der Waals surface area contributed by atoms with Crippen LogP contribution in [0.1, 0.15) is 68.7 Å². The van der Waals surface area contributed by atoms with E-state index in [4.69, 9.17) is 22.9 Å². The van der Waals surface area contributed by atoms with Crippen molar-refractivity contribution in [2.75, 3.05) is 19.0 Å². The minimum absolute atomic E-state index is 0.00754. The lowest BCUT2D eigenvalue weighted by Crippen LogP contribution is -2.50. The molecule has 0 spiro atoms. The number of aromatic nitrogens is 4.